The van der Waals surface area contributed by atoms with Crippen LogP contribution >= 0.6 is 23.2 Å². The number of benzene rings is 1. The van der Waals surface area contributed by atoms with Crippen LogP contribution in [-0.4, -0.2) is 0 Å². The van der Waals surface area contributed by atoms with Gasteiger partial charge >= 0.3 is 0 Å². The maximum Gasteiger partial charge on any atom is 0.0503 e. The molecule has 1 rings (SSSR count). The standard InChI is InChI=1S/C10H11Cl2/c1-2-3-4-8-5-9(11)7-10(12)6-8/h5-6H,2-4H2,1H3. The van der Waals surface area contributed by atoms with Gasteiger partial charge in [-0.3, -0.25) is 0 Å². The Morgan fingerprint density at radius 3 is 2.33 bits per heavy atom. The fourth-order valence-electron chi connectivity index (χ4n) is 1.08. The first-order valence-electron chi connectivity index (χ1n) is 4.09. The lowest BCUT2D eigenvalue weighted by Gasteiger charge is -2.00. The molecule has 0 spiro atoms. The average molecular weight is 202 g/mol. The van der Waals surface area contributed by atoms with Crippen LogP contribution in [0.3, 0.4) is 0 Å². The number of rotatable bonds is 3. The van der Waals surface area contributed by atoms with Crippen molar-refractivity contribution in [2.45, 2.75) is 26.2 Å². The van der Waals surface area contributed by atoms with Gasteiger partial charge in [0.2, 0.25) is 0 Å². The van der Waals surface area contributed by atoms with Crippen LogP contribution in [0.5, 0.6) is 0 Å². The third kappa shape index (κ3) is 3.04. The molecule has 0 saturated carbocycles. The summed E-state index contributed by atoms with van der Waals surface area (Å²) in [7, 11) is 0. The molecule has 0 heterocycles. The van der Waals surface area contributed by atoms with Crippen molar-refractivity contribution in [3.63, 3.8) is 0 Å². The van der Waals surface area contributed by atoms with E-state index in [2.05, 4.69) is 13.0 Å². The van der Waals surface area contributed by atoms with Crippen LogP contribution in [0.1, 0.15) is 25.3 Å². The van der Waals surface area contributed by atoms with E-state index in [1.54, 1.807) is 0 Å². The third-order valence-electron chi connectivity index (χ3n) is 1.68. The minimum absolute atomic E-state index is 0.605. The lowest BCUT2D eigenvalue weighted by molar-refractivity contribution is 0.795. The zero-order chi connectivity index (χ0) is 8.97. The largest absolute Gasteiger partial charge is 0.0836 e. The van der Waals surface area contributed by atoms with Crippen molar-refractivity contribution in [2.24, 2.45) is 0 Å². The summed E-state index contributed by atoms with van der Waals surface area (Å²) in [4.78, 5) is 0. The number of unbranched alkanes of at least 4 members (excludes halogenated alkanes) is 1. The van der Waals surface area contributed by atoms with Gasteiger partial charge in [-0.2, -0.15) is 0 Å². The van der Waals surface area contributed by atoms with Gasteiger partial charge in [0.25, 0.3) is 0 Å². The molecule has 65 valence electrons. The molecule has 12 heavy (non-hydrogen) atoms. The topological polar surface area (TPSA) is 0 Å². The van der Waals surface area contributed by atoms with Crippen molar-refractivity contribution >= 4 is 23.2 Å². The van der Waals surface area contributed by atoms with Crippen molar-refractivity contribution in [3.8, 4) is 0 Å². The molecule has 0 saturated heterocycles. The van der Waals surface area contributed by atoms with Gasteiger partial charge in [-0.05, 0) is 30.5 Å². The molecule has 0 aromatic heterocycles. The summed E-state index contributed by atoms with van der Waals surface area (Å²) in [6.07, 6.45) is 3.41. The highest BCUT2D eigenvalue weighted by atomic mass is 35.5. The molecule has 0 aliphatic carbocycles. The normalized spacial score (nSPS) is 10.2. The minimum atomic E-state index is 0.605. The second-order valence-corrected chi connectivity index (χ2v) is 3.60. The molecule has 0 amide bonds. The van der Waals surface area contributed by atoms with Gasteiger partial charge in [-0.1, -0.05) is 36.5 Å². The highest BCUT2D eigenvalue weighted by Crippen LogP contribution is 2.19. The number of halogens is 2. The molecule has 0 aliphatic heterocycles. The van der Waals surface area contributed by atoms with Crippen molar-refractivity contribution in [2.75, 3.05) is 0 Å². The Hall–Kier alpha value is -0.200. The fourth-order valence-corrected chi connectivity index (χ4v) is 1.61. The average Bonchev–Trinajstić information content (AvgIpc) is 1.99. The second-order valence-electron chi connectivity index (χ2n) is 2.79. The Labute approximate surface area is 83.5 Å². The van der Waals surface area contributed by atoms with E-state index in [9.17, 15) is 0 Å². The SMILES string of the molecule is CCCCc1cc(Cl)[c]c(Cl)c1. The quantitative estimate of drug-likeness (QED) is 0.690. The van der Waals surface area contributed by atoms with Crippen molar-refractivity contribution in [3.05, 3.63) is 33.8 Å². The van der Waals surface area contributed by atoms with Crippen molar-refractivity contribution in [1.29, 1.82) is 0 Å². The fraction of sp³-hybridized carbons (Fsp3) is 0.400. The van der Waals surface area contributed by atoms with Crippen LogP contribution in [-0.2, 0) is 6.42 Å². The van der Waals surface area contributed by atoms with E-state index in [-0.39, 0.29) is 0 Å². The Bertz CT molecular complexity index is 236. The van der Waals surface area contributed by atoms with E-state index >= 15 is 0 Å². The third-order valence-corrected chi connectivity index (χ3v) is 2.09. The Morgan fingerprint density at radius 1 is 1.25 bits per heavy atom. The maximum atomic E-state index is 5.79. The van der Waals surface area contributed by atoms with Crippen LogP contribution in [0.4, 0.5) is 0 Å². The summed E-state index contributed by atoms with van der Waals surface area (Å²) >= 11 is 11.6. The Balaban J connectivity index is 2.72. The predicted octanol–water partition coefficient (Wildman–Crippen LogP) is 4.14. The van der Waals surface area contributed by atoms with Crippen LogP contribution in [0.2, 0.25) is 10.0 Å². The monoisotopic (exact) mass is 201 g/mol. The first-order chi connectivity index (χ1) is 5.72. The lowest BCUT2D eigenvalue weighted by atomic mass is 10.1. The van der Waals surface area contributed by atoms with Gasteiger partial charge < -0.3 is 0 Å². The zero-order valence-corrected chi connectivity index (χ0v) is 8.54. The summed E-state index contributed by atoms with van der Waals surface area (Å²) in [5.41, 5.74) is 1.20. The van der Waals surface area contributed by atoms with Gasteiger partial charge in [-0.25, -0.2) is 0 Å². The highest BCUT2D eigenvalue weighted by Gasteiger charge is 1.97. The second kappa shape index (κ2) is 4.74. The first-order valence-corrected chi connectivity index (χ1v) is 4.85. The molecule has 0 atom stereocenters. The molecule has 0 unspecified atom stereocenters. The predicted molar refractivity (Wildman–Crippen MR) is 53.9 cm³/mol. The van der Waals surface area contributed by atoms with Crippen LogP contribution < -0.4 is 0 Å². The number of hydrogen-bond acceptors (Lipinski definition) is 0. The van der Waals surface area contributed by atoms with Crippen molar-refractivity contribution < 1.29 is 0 Å². The van der Waals surface area contributed by atoms with Gasteiger partial charge in [0.05, 0.1) is 10.0 Å². The molecule has 1 aromatic carbocycles. The summed E-state index contributed by atoms with van der Waals surface area (Å²) < 4.78 is 0. The summed E-state index contributed by atoms with van der Waals surface area (Å²) in [5.74, 6) is 0. The molecule has 0 aliphatic rings. The zero-order valence-electron chi connectivity index (χ0n) is 7.03. The summed E-state index contributed by atoms with van der Waals surface area (Å²) in [6.45, 7) is 2.16. The van der Waals surface area contributed by atoms with Gasteiger partial charge in [0.15, 0.2) is 0 Å². The molecule has 0 nitrogen and oxygen atoms in total. The highest BCUT2D eigenvalue weighted by molar-refractivity contribution is 6.34. The van der Waals surface area contributed by atoms with E-state index in [1.807, 2.05) is 12.1 Å². The van der Waals surface area contributed by atoms with E-state index in [1.165, 1.54) is 18.4 Å². The van der Waals surface area contributed by atoms with Crippen LogP contribution in [0, 0.1) is 6.07 Å². The van der Waals surface area contributed by atoms with Gasteiger partial charge in [0, 0.05) is 6.07 Å². The van der Waals surface area contributed by atoms with E-state index in [0.717, 1.165) is 6.42 Å². The summed E-state index contributed by atoms with van der Waals surface area (Å²) in [6, 6.07) is 6.66. The number of hydrogen-bond donors (Lipinski definition) is 0. The molecular formula is C10H11Cl2. The van der Waals surface area contributed by atoms with Crippen LogP contribution in [0.15, 0.2) is 12.1 Å². The van der Waals surface area contributed by atoms with E-state index < -0.39 is 0 Å². The van der Waals surface area contributed by atoms with Gasteiger partial charge in [-0.15, -0.1) is 0 Å². The minimum Gasteiger partial charge on any atom is -0.0836 e. The Morgan fingerprint density at radius 2 is 1.83 bits per heavy atom. The van der Waals surface area contributed by atoms with Gasteiger partial charge in [0.1, 0.15) is 0 Å². The van der Waals surface area contributed by atoms with Crippen molar-refractivity contribution in [1.82, 2.24) is 0 Å². The molecule has 2 heteroatoms. The molecule has 0 bridgehead atoms. The molecule has 1 radical (unpaired) electrons. The van der Waals surface area contributed by atoms with E-state index in [0.29, 0.717) is 10.0 Å². The Kier molecular flexibility index (Phi) is 3.90. The van der Waals surface area contributed by atoms with E-state index in [4.69, 9.17) is 23.2 Å². The maximum absolute atomic E-state index is 5.79. The molecule has 0 N–H and O–H groups in total. The van der Waals surface area contributed by atoms with Crippen LogP contribution in [0.25, 0.3) is 0 Å². The first kappa shape index (κ1) is 9.88. The smallest absolute Gasteiger partial charge is 0.0503 e. The molecule has 0 fully saturated rings. The lowest BCUT2D eigenvalue weighted by Crippen LogP contribution is -1.84. The number of aryl methyl sites for hydroxylation is 1. The molecule has 1 aromatic rings. The summed E-state index contributed by atoms with van der Waals surface area (Å²) in [5, 5.41) is 1.21. The molecular weight excluding hydrogens is 191 g/mol.